The third-order valence-corrected chi connectivity index (χ3v) is 5.63. The van der Waals surface area contributed by atoms with E-state index in [1.807, 2.05) is 0 Å². The molecule has 2 unspecified atom stereocenters. The van der Waals surface area contributed by atoms with Gasteiger partial charge in [0.05, 0.1) is 8.62 Å². The molecule has 2 atom stereocenters. The van der Waals surface area contributed by atoms with Crippen LogP contribution in [-0.2, 0) is 12.9 Å². The maximum absolute atomic E-state index is 10.5. The van der Waals surface area contributed by atoms with Crippen LogP contribution >= 0.6 is 24.5 Å². The molecule has 0 aromatic carbocycles. The molecule has 1 saturated heterocycles. The third kappa shape index (κ3) is 3.01. The average Bonchev–Trinajstić information content (AvgIpc) is 1.44. The van der Waals surface area contributed by atoms with Crippen molar-refractivity contribution in [1.82, 2.24) is 0 Å². The SMILES string of the molecule is [O-][P+]1(O)O[P+]([O-])(O)O[P+](O)(O)O1. The standard InChI is InChI=1S/H3O9P3/c1-10(2)7-11(3,4)9-12(5,6)8-10/h1-2H,(H-,3,4,5,6)/p+1. The van der Waals surface area contributed by atoms with Gasteiger partial charge in [0.15, 0.2) is 0 Å². The molecule has 1 aliphatic heterocycles. The normalized spacial score (nSPS) is 47.5. The fraction of sp³-hybridized carbons (Fsp3) is 0. The van der Waals surface area contributed by atoms with E-state index in [0.717, 1.165) is 0 Å². The summed E-state index contributed by atoms with van der Waals surface area (Å²) < 4.78 is 10.6. The Hall–Kier alpha value is 0.930. The number of hydrogen-bond acceptors (Lipinski definition) is 9. The first-order valence-corrected chi connectivity index (χ1v) is 6.78. The molecule has 1 heterocycles. The predicted octanol–water partition coefficient (Wildman–Crippen LogP) is -2.23. The summed E-state index contributed by atoms with van der Waals surface area (Å²) in [6.45, 7) is 0. The molecule has 1 fully saturated rings. The second kappa shape index (κ2) is 2.96. The highest BCUT2D eigenvalue weighted by molar-refractivity contribution is 7.80. The molecular formula is H4O9P3+. The zero-order chi connectivity index (χ0) is 9.62. The predicted molar refractivity (Wildman–Crippen MR) is 32.9 cm³/mol. The van der Waals surface area contributed by atoms with Crippen molar-refractivity contribution >= 4 is 24.5 Å². The molecule has 0 spiro atoms. The van der Waals surface area contributed by atoms with Crippen LogP contribution in [0.25, 0.3) is 0 Å². The summed E-state index contributed by atoms with van der Waals surface area (Å²) in [5.74, 6) is 0. The third-order valence-electron chi connectivity index (χ3n) is 0.625. The van der Waals surface area contributed by atoms with Gasteiger partial charge in [-0.3, -0.25) is 0 Å². The zero-order valence-electron chi connectivity index (χ0n) is 5.17. The number of rotatable bonds is 0. The van der Waals surface area contributed by atoms with Crippen LogP contribution in [0.2, 0.25) is 0 Å². The molecule has 9 nitrogen and oxygen atoms in total. The Kier molecular flexibility index (Phi) is 2.72. The Labute approximate surface area is 67.8 Å². The zero-order valence-corrected chi connectivity index (χ0v) is 7.86. The lowest BCUT2D eigenvalue weighted by molar-refractivity contribution is -0.262. The summed E-state index contributed by atoms with van der Waals surface area (Å²) in [6.07, 6.45) is 0. The molecule has 12 heteroatoms. The van der Waals surface area contributed by atoms with Crippen molar-refractivity contribution < 1.29 is 42.3 Å². The van der Waals surface area contributed by atoms with Gasteiger partial charge in [-0.1, -0.05) is 0 Å². The van der Waals surface area contributed by atoms with E-state index in [4.69, 9.17) is 19.6 Å². The summed E-state index contributed by atoms with van der Waals surface area (Å²) in [4.78, 5) is 54.9. The Bertz CT molecular complexity index is 137. The lowest BCUT2D eigenvalue weighted by atomic mass is 15.6. The Morgan fingerprint density at radius 3 is 1.33 bits per heavy atom. The fourth-order valence-corrected chi connectivity index (χ4v) is 4.80. The summed E-state index contributed by atoms with van der Waals surface area (Å²) in [6, 6.07) is 0. The highest BCUT2D eigenvalue weighted by Crippen LogP contribution is 2.84. The second-order valence-corrected chi connectivity index (χ2v) is 6.49. The minimum atomic E-state index is -4.92. The Morgan fingerprint density at radius 1 is 0.750 bits per heavy atom. The van der Waals surface area contributed by atoms with Crippen LogP contribution in [0.5, 0.6) is 0 Å². The molecule has 4 N–H and O–H groups in total. The van der Waals surface area contributed by atoms with Crippen LogP contribution in [-0.4, -0.2) is 19.6 Å². The van der Waals surface area contributed by atoms with E-state index in [1.165, 1.54) is 0 Å². The van der Waals surface area contributed by atoms with Gasteiger partial charge in [0.1, 0.15) is 0 Å². The molecule has 1 aliphatic rings. The van der Waals surface area contributed by atoms with E-state index < -0.39 is 24.5 Å². The minimum absolute atomic E-state index is 3.48. The first kappa shape index (κ1) is 11.0. The van der Waals surface area contributed by atoms with Gasteiger partial charge in [-0.15, -0.1) is 0 Å². The van der Waals surface area contributed by atoms with Crippen LogP contribution in [0.4, 0.5) is 0 Å². The Balaban J connectivity index is 2.81. The molecule has 0 amide bonds. The monoisotopic (exact) mass is 241 g/mol. The molecule has 0 aromatic rings. The molecule has 1 rings (SSSR count). The maximum Gasteiger partial charge on any atom is 0.658 e. The van der Waals surface area contributed by atoms with E-state index in [-0.39, 0.29) is 0 Å². The van der Waals surface area contributed by atoms with E-state index in [0.29, 0.717) is 0 Å². The summed E-state index contributed by atoms with van der Waals surface area (Å²) in [7, 11) is -14.6. The van der Waals surface area contributed by atoms with Crippen LogP contribution < -0.4 is 9.79 Å². The van der Waals surface area contributed by atoms with E-state index in [2.05, 4.69) is 12.9 Å². The van der Waals surface area contributed by atoms with Crippen LogP contribution in [0.1, 0.15) is 0 Å². The quantitative estimate of drug-likeness (QED) is 0.344. The van der Waals surface area contributed by atoms with Crippen molar-refractivity contribution in [2.45, 2.75) is 0 Å². The highest BCUT2D eigenvalue weighted by Gasteiger charge is 2.73. The van der Waals surface area contributed by atoms with Gasteiger partial charge >= 0.3 is 24.5 Å². The highest BCUT2D eigenvalue weighted by atomic mass is 31.4. The van der Waals surface area contributed by atoms with Gasteiger partial charge in [-0.25, -0.2) is 0 Å². The molecule has 12 heavy (non-hydrogen) atoms. The van der Waals surface area contributed by atoms with Crippen LogP contribution in [0.3, 0.4) is 0 Å². The molecule has 72 valence electrons. The van der Waals surface area contributed by atoms with Crippen LogP contribution in [0, 0.1) is 0 Å². The van der Waals surface area contributed by atoms with Crippen molar-refractivity contribution in [2.24, 2.45) is 0 Å². The largest absolute Gasteiger partial charge is 0.658 e. The maximum atomic E-state index is 10.5. The van der Waals surface area contributed by atoms with Crippen LogP contribution in [0.15, 0.2) is 0 Å². The van der Waals surface area contributed by atoms with Crippen molar-refractivity contribution in [3.8, 4) is 0 Å². The number of hydrogen-bond donors (Lipinski definition) is 4. The lowest BCUT2D eigenvalue weighted by Gasteiger charge is -2.25. The van der Waals surface area contributed by atoms with E-state index in [9.17, 15) is 9.79 Å². The summed E-state index contributed by atoms with van der Waals surface area (Å²) in [5, 5.41) is 0. The van der Waals surface area contributed by atoms with Crippen molar-refractivity contribution in [3.63, 3.8) is 0 Å². The van der Waals surface area contributed by atoms with Gasteiger partial charge in [0.2, 0.25) is 0 Å². The Morgan fingerprint density at radius 2 is 1.08 bits per heavy atom. The van der Waals surface area contributed by atoms with E-state index >= 15 is 0 Å². The smallest absolute Gasteiger partial charge is 0.599 e. The number of phosphoric acid groups is 2. The molecular weight excluding hydrogens is 237 g/mol. The summed E-state index contributed by atoms with van der Waals surface area (Å²) in [5.41, 5.74) is 0. The molecule has 0 saturated carbocycles. The van der Waals surface area contributed by atoms with Gasteiger partial charge in [0.25, 0.3) is 0 Å². The molecule has 0 aliphatic carbocycles. The lowest BCUT2D eigenvalue weighted by Crippen LogP contribution is -2.27. The minimum Gasteiger partial charge on any atom is -0.599 e. The van der Waals surface area contributed by atoms with Crippen molar-refractivity contribution in [2.75, 3.05) is 0 Å². The van der Waals surface area contributed by atoms with Gasteiger partial charge in [-0.2, -0.15) is 19.6 Å². The van der Waals surface area contributed by atoms with E-state index in [1.54, 1.807) is 0 Å². The van der Waals surface area contributed by atoms with Gasteiger partial charge in [0, 0.05) is 4.31 Å². The molecule has 0 aromatic heterocycles. The first-order chi connectivity index (χ1) is 5.12. The van der Waals surface area contributed by atoms with Gasteiger partial charge in [-0.05, 0) is 0 Å². The van der Waals surface area contributed by atoms with Crippen molar-refractivity contribution in [1.29, 1.82) is 0 Å². The molecule has 0 bridgehead atoms. The molecule has 0 radical (unpaired) electrons. The summed E-state index contributed by atoms with van der Waals surface area (Å²) >= 11 is 0. The topological polar surface area (TPSA) is 155 Å². The van der Waals surface area contributed by atoms with Gasteiger partial charge < -0.3 is 9.79 Å². The fourth-order valence-electron chi connectivity index (χ4n) is 0.444. The van der Waals surface area contributed by atoms with Crippen molar-refractivity contribution in [3.05, 3.63) is 0 Å². The first-order valence-electron chi connectivity index (χ1n) is 2.26. The average molecular weight is 241 g/mol. The second-order valence-electron chi connectivity index (χ2n) is 1.67.